The van der Waals surface area contributed by atoms with Gasteiger partial charge in [0.15, 0.2) is 5.82 Å². The van der Waals surface area contributed by atoms with Crippen LogP contribution in [-0.4, -0.2) is 98.7 Å². The second-order valence-electron chi connectivity index (χ2n) is 16.6. The topological polar surface area (TPSA) is 173 Å². The van der Waals surface area contributed by atoms with E-state index in [0.717, 1.165) is 79.6 Å². The molecule has 0 fully saturated rings. The fourth-order valence-electron chi connectivity index (χ4n) is 9.06. The quantitative estimate of drug-likeness (QED) is 0.0743. The summed E-state index contributed by atoms with van der Waals surface area (Å²) >= 11 is 0. The van der Waals surface area contributed by atoms with Gasteiger partial charge in [-0.2, -0.15) is 17.6 Å². The number of alkyl halides is 4. The van der Waals surface area contributed by atoms with Gasteiger partial charge in [-0.05, 0) is 83.9 Å². The number of hydrogen-bond donors (Lipinski definition) is 0. The summed E-state index contributed by atoms with van der Waals surface area (Å²) in [6, 6.07) is 12.7. The molecule has 1 unspecified atom stereocenters. The Morgan fingerprint density at radius 2 is 1.27 bits per heavy atom. The number of hydrogen-bond acceptors (Lipinski definition) is 14. The molecule has 2 atom stereocenters. The highest BCUT2D eigenvalue weighted by Crippen LogP contribution is 2.42. The van der Waals surface area contributed by atoms with E-state index in [9.17, 15) is 17.6 Å². The molecule has 9 rings (SSSR count). The first-order valence-electron chi connectivity index (χ1n) is 22.6. The van der Waals surface area contributed by atoms with Gasteiger partial charge in [0, 0.05) is 54.3 Å². The predicted molar refractivity (Wildman–Crippen MR) is 254 cm³/mol. The summed E-state index contributed by atoms with van der Waals surface area (Å²) in [7, 11) is 4.85. The highest BCUT2D eigenvalue weighted by Gasteiger charge is 2.26. The molecule has 0 saturated heterocycles. The number of pyridine rings is 3. The summed E-state index contributed by atoms with van der Waals surface area (Å²) in [4.78, 5) is 23.4. The van der Waals surface area contributed by atoms with Crippen LogP contribution in [0, 0.1) is 27.7 Å². The molecule has 0 aliphatic rings. The van der Waals surface area contributed by atoms with Crippen molar-refractivity contribution in [3.8, 4) is 45.3 Å². The molecule has 0 aliphatic carbocycles. The summed E-state index contributed by atoms with van der Waals surface area (Å²) in [5.74, 6) is 4.01. The third-order valence-electron chi connectivity index (χ3n) is 12.3. The molecule has 0 saturated carbocycles. The number of benzene rings is 2. The number of aromatic nitrogens is 9. The molecule has 7 heterocycles. The van der Waals surface area contributed by atoms with Crippen LogP contribution in [0.2, 0.25) is 0 Å². The van der Waals surface area contributed by atoms with Crippen molar-refractivity contribution in [1.82, 2.24) is 44.4 Å². The van der Waals surface area contributed by atoms with Crippen LogP contribution in [0.5, 0.6) is 11.5 Å². The Morgan fingerprint density at radius 1 is 0.686 bits per heavy atom. The van der Waals surface area contributed by atoms with Crippen LogP contribution in [0.3, 0.4) is 0 Å². The molecule has 0 amide bonds. The number of fused-ring (bicyclic) bond motifs is 6. The molecule has 20 heteroatoms. The first-order valence-corrected chi connectivity index (χ1v) is 22.6. The van der Waals surface area contributed by atoms with Gasteiger partial charge in [0.25, 0.3) is 0 Å². The van der Waals surface area contributed by atoms with E-state index < -0.39 is 19.3 Å². The van der Waals surface area contributed by atoms with Crippen LogP contribution < -0.4 is 9.47 Å². The van der Waals surface area contributed by atoms with Crippen molar-refractivity contribution in [1.29, 1.82) is 0 Å². The zero-order valence-electron chi connectivity index (χ0n) is 40.2. The molecule has 0 N–H and O–H groups in total. The highest BCUT2D eigenvalue weighted by atomic mass is 19.3. The van der Waals surface area contributed by atoms with Crippen molar-refractivity contribution in [2.75, 3.05) is 41.2 Å². The average molecular weight is 968 g/mol. The van der Waals surface area contributed by atoms with Gasteiger partial charge in [-0.15, -0.1) is 0 Å². The van der Waals surface area contributed by atoms with E-state index in [2.05, 4.69) is 41.7 Å². The summed E-state index contributed by atoms with van der Waals surface area (Å²) in [5, 5.41) is 9.70. The van der Waals surface area contributed by atoms with Gasteiger partial charge in [0.05, 0.1) is 90.5 Å². The van der Waals surface area contributed by atoms with Gasteiger partial charge in [-0.3, -0.25) is 15.0 Å². The van der Waals surface area contributed by atoms with Crippen LogP contribution in [0.1, 0.15) is 67.4 Å². The molecular formula is C50H53F4N9O7. The number of ether oxygens (including phenoxy) is 5. The number of rotatable bonds is 18. The lowest BCUT2D eigenvalue weighted by molar-refractivity contribution is -0.135. The van der Waals surface area contributed by atoms with Gasteiger partial charge in [0.1, 0.15) is 45.6 Å². The minimum atomic E-state index is -2.87. The molecule has 7 aromatic heterocycles. The Balaban J connectivity index is 0.000000188. The van der Waals surface area contributed by atoms with Crippen molar-refractivity contribution in [3.63, 3.8) is 0 Å². The van der Waals surface area contributed by atoms with Gasteiger partial charge in [0.2, 0.25) is 0 Å². The maximum atomic E-state index is 12.9. The first kappa shape index (κ1) is 49.4. The lowest BCUT2D eigenvalue weighted by Gasteiger charge is -2.18. The largest absolute Gasteiger partial charge is 0.496 e. The molecule has 70 heavy (non-hydrogen) atoms. The fourth-order valence-corrected chi connectivity index (χ4v) is 9.06. The van der Waals surface area contributed by atoms with Crippen LogP contribution in [0.25, 0.3) is 77.6 Å². The number of methoxy groups -OCH3 is 3. The maximum Gasteiger partial charge on any atom is 0.345 e. The zero-order valence-corrected chi connectivity index (χ0v) is 40.2. The number of imidazole rings is 2. The predicted octanol–water partition coefficient (Wildman–Crippen LogP) is 11.4. The fraction of sp³-hybridized carbons (Fsp3) is 0.380. The normalized spacial score (nSPS) is 12.7. The highest BCUT2D eigenvalue weighted by molar-refractivity contribution is 6.06. The monoisotopic (exact) mass is 967 g/mol. The molecule has 0 bridgehead atoms. The van der Waals surface area contributed by atoms with Crippen molar-refractivity contribution in [3.05, 3.63) is 89.8 Å². The SMILES string of the molecule is CCC(CCOC)c1nc2cnc3cc(-c4c(C)noc4C)c(OC)cc3c2n1CCOC(F)F.COc1cc2c(cc1-c1c(C)noc1C)ncc1nc(-c3ccccn3)n([C@@H](C)COC(F)F)c12. The summed E-state index contributed by atoms with van der Waals surface area (Å²) in [5.41, 5.74) is 9.65. The Morgan fingerprint density at radius 3 is 1.77 bits per heavy atom. The minimum Gasteiger partial charge on any atom is -0.496 e. The van der Waals surface area contributed by atoms with Gasteiger partial charge >= 0.3 is 13.2 Å². The third kappa shape index (κ3) is 9.75. The van der Waals surface area contributed by atoms with E-state index in [1.54, 1.807) is 52.9 Å². The number of aryl methyl sites for hydroxylation is 4. The van der Waals surface area contributed by atoms with Crippen molar-refractivity contribution >= 4 is 43.9 Å². The second kappa shape index (κ2) is 21.3. The van der Waals surface area contributed by atoms with E-state index in [0.29, 0.717) is 57.7 Å². The van der Waals surface area contributed by atoms with E-state index in [-0.39, 0.29) is 25.7 Å². The molecule has 9 aromatic rings. The smallest absolute Gasteiger partial charge is 0.345 e. The molecule has 16 nitrogen and oxygen atoms in total. The molecule has 0 radical (unpaired) electrons. The summed E-state index contributed by atoms with van der Waals surface area (Å²) < 4.78 is 91.9. The number of halogens is 4. The van der Waals surface area contributed by atoms with Crippen LogP contribution in [-0.2, 0) is 20.8 Å². The van der Waals surface area contributed by atoms with Gasteiger partial charge in [-0.25, -0.2) is 9.97 Å². The second-order valence-corrected chi connectivity index (χ2v) is 16.6. The van der Waals surface area contributed by atoms with Gasteiger partial charge in [-0.1, -0.05) is 23.3 Å². The lowest BCUT2D eigenvalue weighted by Crippen LogP contribution is -2.16. The average Bonchev–Trinajstić information content (AvgIpc) is 4.12. The van der Waals surface area contributed by atoms with E-state index in [4.69, 9.17) is 33.2 Å². The minimum absolute atomic E-state index is 0.0902. The molecule has 368 valence electrons. The Kier molecular flexibility index (Phi) is 15.0. The summed E-state index contributed by atoms with van der Waals surface area (Å²) in [6.45, 7) is 6.06. The Hall–Kier alpha value is -7.03. The standard InChI is InChI=1S/C25H23F2N5O3.C25H30F2N4O4/c1-13(12-34-25(26)27)32-23-16-10-21(33-4)17(22-14(2)31-35-15(22)3)9-19(16)29-11-20(23)30-24(32)18-7-5-6-8-28-18;1-6-16(7-9-32-4)24-29-20-13-28-19-11-18(22-14(2)30-35-15(22)3)21(33-5)12-17(19)23(20)31(24)8-10-34-25(26)27/h5-11,13,25H,12H2,1-4H3;11-13,16,25H,6-10H2,1-5H3/t13-;/m0./s1. The van der Waals surface area contributed by atoms with Gasteiger partial charge < -0.3 is 41.9 Å². The van der Waals surface area contributed by atoms with Crippen LogP contribution in [0.15, 0.2) is 70.1 Å². The van der Waals surface area contributed by atoms with Crippen LogP contribution >= 0.6 is 0 Å². The third-order valence-corrected chi connectivity index (χ3v) is 12.3. The first-order chi connectivity index (χ1) is 33.8. The number of nitrogens with zero attached hydrogens (tertiary/aromatic N) is 9. The maximum absolute atomic E-state index is 12.9. The molecule has 0 aliphatic heterocycles. The van der Waals surface area contributed by atoms with Crippen molar-refractivity contribution < 1.29 is 50.3 Å². The molecule has 0 spiro atoms. The summed E-state index contributed by atoms with van der Waals surface area (Å²) in [6.07, 6.45) is 6.64. The van der Waals surface area contributed by atoms with E-state index >= 15 is 0 Å². The molecular weight excluding hydrogens is 915 g/mol. The molecule has 2 aromatic carbocycles. The Labute approximate surface area is 399 Å². The van der Waals surface area contributed by atoms with E-state index in [1.807, 2.05) is 73.2 Å². The van der Waals surface area contributed by atoms with Crippen molar-refractivity contribution in [2.24, 2.45) is 0 Å². The van der Waals surface area contributed by atoms with Crippen molar-refractivity contribution in [2.45, 2.75) is 86.1 Å². The van der Waals surface area contributed by atoms with E-state index in [1.165, 1.54) is 0 Å². The zero-order chi connectivity index (χ0) is 49.8. The lowest BCUT2D eigenvalue weighted by atomic mass is 10.00. The Bertz CT molecular complexity index is 3220. The van der Waals surface area contributed by atoms with Crippen LogP contribution in [0.4, 0.5) is 17.6 Å².